The van der Waals surface area contributed by atoms with Gasteiger partial charge in [-0.05, 0) is 12.8 Å². The summed E-state index contributed by atoms with van der Waals surface area (Å²) in [6.07, 6.45) is 9.84. The molecule has 0 radical (unpaired) electrons. The Labute approximate surface area is 140 Å². The van der Waals surface area contributed by atoms with Crippen LogP contribution in [0.3, 0.4) is 0 Å². The molecule has 0 spiro atoms. The smallest absolute Gasteiger partial charge is 0.222 e. The van der Waals surface area contributed by atoms with Crippen LogP contribution in [0.5, 0.6) is 0 Å². The fraction of sp³-hybridized carbons (Fsp3) is 0.533. The number of carbonyl (C=O) groups excluding carboxylic acids is 1. The molecule has 0 aliphatic carbocycles. The van der Waals surface area contributed by atoms with Gasteiger partial charge in [-0.1, -0.05) is 0 Å². The third-order valence-corrected chi connectivity index (χ3v) is 5.47. The number of rotatable bonds is 6. The standard InChI is InChI=1S/C15H21N5O3S/c1-24(22,23)13-9-17-18-15(13)12-4-7-20(10-12)14(21)3-2-6-19-8-5-16-11-19/h5,8-9,11-12H,2-4,6-7,10H2,1H3,(H,17,18). The van der Waals surface area contributed by atoms with Gasteiger partial charge >= 0.3 is 0 Å². The van der Waals surface area contributed by atoms with Crippen LogP contribution in [0, 0.1) is 0 Å². The van der Waals surface area contributed by atoms with Gasteiger partial charge in [0.2, 0.25) is 5.91 Å². The molecule has 1 atom stereocenters. The molecule has 1 aliphatic rings. The minimum atomic E-state index is -3.31. The minimum absolute atomic E-state index is 0.00479. The first-order valence-corrected chi connectivity index (χ1v) is 9.81. The van der Waals surface area contributed by atoms with Gasteiger partial charge in [0, 0.05) is 50.6 Å². The van der Waals surface area contributed by atoms with E-state index in [9.17, 15) is 13.2 Å². The topological polar surface area (TPSA) is 101 Å². The first kappa shape index (κ1) is 16.7. The highest BCUT2D eigenvalue weighted by Crippen LogP contribution is 2.30. The Hall–Kier alpha value is -2.16. The number of imidazole rings is 1. The van der Waals surface area contributed by atoms with Crippen LogP contribution in [-0.2, 0) is 21.2 Å². The molecule has 1 fully saturated rings. The van der Waals surface area contributed by atoms with Crippen LogP contribution < -0.4 is 0 Å². The van der Waals surface area contributed by atoms with Crippen molar-refractivity contribution < 1.29 is 13.2 Å². The van der Waals surface area contributed by atoms with Gasteiger partial charge in [0.15, 0.2) is 9.84 Å². The van der Waals surface area contributed by atoms with E-state index >= 15 is 0 Å². The molecule has 2 aromatic rings. The first-order valence-electron chi connectivity index (χ1n) is 7.92. The number of sulfone groups is 1. The molecule has 130 valence electrons. The van der Waals surface area contributed by atoms with Crippen molar-refractivity contribution in [2.75, 3.05) is 19.3 Å². The lowest BCUT2D eigenvalue weighted by atomic mass is 10.1. The summed E-state index contributed by atoms with van der Waals surface area (Å²) in [5, 5.41) is 6.66. The summed E-state index contributed by atoms with van der Waals surface area (Å²) < 4.78 is 25.5. The zero-order valence-electron chi connectivity index (χ0n) is 13.6. The zero-order chi connectivity index (χ0) is 17.2. The lowest BCUT2D eigenvalue weighted by Crippen LogP contribution is -2.28. The largest absolute Gasteiger partial charge is 0.342 e. The number of hydrogen-bond acceptors (Lipinski definition) is 5. The Balaban J connectivity index is 1.55. The van der Waals surface area contributed by atoms with Gasteiger partial charge in [-0.15, -0.1) is 0 Å². The Morgan fingerprint density at radius 2 is 2.29 bits per heavy atom. The molecule has 1 saturated heterocycles. The summed E-state index contributed by atoms with van der Waals surface area (Å²) in [5.74, 6) is 0.104. The van der Waals surface area contributed by atoms with E-state index in [0.29, 0.717) is 25.2 Å². The van der Waals surface area contributed by atoms with Gasteiger partial charge in [0.1, 0.15) is 4.90 Å². The maximum absolute atomic E-state index is 12.3. The Morgan fingerprint density at radius 1 is 1.46 bits per heavy atom. The number of nitrogens with zero attached hydrogens (tertiary/aromatic N) is 4. The van der Waals surface area contributed by atoms with Gasteiger partial charge in [-0.2, -0.15) is 5.10 Å². The second kappa shape index (κ2) is 6.76. The summed E-state index contributed by atoms with van der Waals surface area (Å²) in [6.45, 7) is 1.95. The molecule has 1 amide bonds. The molecule has 3 rings (SSSR count). The molecule has 8 nitrogen and oxygen atoms in total. The van der Waals surface area contributed by atoms with Gasteiger partial charge in [-0.3, -0.25) is 9.89 Å². The minimum Gasteiger partial charge on any atom is -0.342 e. The Kier molecular flexibility index (Phi) is 4.70. The normalized spacial score (nSPS) is 18.2. The molecule has 3 heterocycles. The van der Waals surface area contributed by atoms with Crippen molar-refractivity contribution in [2.45, 2.75) is 36.6 Å². The number of amides is 1. The summed E-state index contributed by atoms with van der Waals surface area (Å²) in [4.78, 5) is 18.3. The molecule has 1 unspecified atom stereocenters. The average molecular weight is 351 g/mol. The highest BCUT2D eigenvalue weighted by atomic mass is 32.2. The maximum Gasteiger partial charge on any atom is 0.222 e. The van der Waals surface area contributed by atoms with Gasteiger partial charge in [0.05, 0.1) is 18.2 Å². The fourth-order valence-corrected chi connectivity index (χ4v) is 3.94. The highest BCUT2D eigenvalue weighted by molar-refractivity contribution is 7.90. The molecule has 24 heavy (non-hydrogen) atoms. The van der Waals surface area contributed by atoms with Crippen molar-refractivity contribution in [1.82, 2.24) is 24.6 Å². The second-order valence-electron chi connectivity index (χ2n) is 6.15. The average Bonchev–Trinajstić information content (AvgIpc) is 3.26. The van der Waals surface area contributed by atoms with Gasteiger partial charge in [0.25, 0.3) is 0 Å². The zero-order valence-corrected chi connectivity index (χ0v) is 14.4. The number of hydrogen-bond donors (Lipinski definition) is 1. The van der Waals surface area contributed by atoms with Gasteiger partial charge in [-0.25, -0.2) is 13.4 Å². The predicted octanol–water partition coefficient (Wildman–Crippen LogP) is 0.806. The Bertz CT molecular complexity index is 797. The third kappa shape index (κ3) is 3.66. The molecule has 0 saturated carbocycles. The van der Waals surface area contributed by atoms with Crippen LogP contribution in [0.25, 0.3) is 0 Å². The van der Waals surface area contributed by atoms with E-state index in [1.165, 1.54) is 12.5 Å². The summed E-state index contributed by atoms with van der Waals surface area (Å²) in [7, 11) is -3.31. The van der Waals surface area contributed by atoms with E-state index < -0.39 is 9.84 Å². The van der Waals surface area contributed by atoms with Crippen molar-refractivity contribution in [3.63, 3.8) is 0 Å². The van der Waals surface area contributed by atoms with Crippen molar-refractivity contribution in [3.05, 3.63) is 30.6 Å². The van der Waals surface area contributed by atoms with Crippen molar-refractivity contribution in [2.24, 2.45) is 0 Å². The lowest BCUT2D eigenvalue weighted by Gasteiger charge is -2.16. The number of likely N-dealkylation sites (tertiary alicyclic amines) is 1. The molecule has 2 aromatic heterocycles. The van der Waals surface area contributed by atoms with Crippen molar-refractivity contribution in [3.8, 4) is 0 Å². The molecular formula is C15H21N5O3S. The monoisotopic (exact) mass is 351 g/mol. The van der Waals surface area contributed by atoms with Crippen molar-refractivity contribution >= 4 is 15.7 Å². The molecule has 1 aliphatic heterocycles. The van der Waals surface area contributed by atoms with E-state index in [1.54, 1.807) is 12.5 Å². The number of aromatic nitrogens is 4. The number of nitrogens with one attached hydrogen (secondary N) is 1. The molecule has 9 heteroatoms. The van der Waals surface area contributed by atoms with Gasteiger partial charge < -0.3 is 9.47 Å². The van der Waals surface area contributed by atoms with Crippen LogP contribution in [-0.4, -0.2) is 58.3 Å². The van der Waals surface area contributed by atoms with Crippen LogP contribution in [0.1, 0.15) is 30.9 Å². The molecule has 1 N–H and O–H groups in total. The Morgan fingerprint density at radius 3 is 3.00 bits per heavy atom. The fourth-order valence-electron chi connectivity index (χ4n) is 3.09. The second-order valence-corrected chi connectivity index (χ2v) is 8.13. The highest BCUT2D eigenvalue weighted by Gasteiger charge is 2.31. The summed E-state index contributed by atoms with van der Waals surface area (Å²) in [6, 6.07) is 0. The molecule has 0 bridgehead atoms. The number of H-pyrrole nitrogens is 1. The van der Waals surface area contributed by atoms with Crippen LogP contribution in [0.2, 0.25) is 0 Å². The molecular weight excluding hydrogens is 330 g/mol. The quantitative estimate of drug-likeness (QED) is 0.830. The van der Waals surface area contributed by atoms with E-state index in [2.05, 4.69) is 15.2 Å². The predicted molar refractivity (Wildman–Crippen MR) is 87.1 cm³/mol. The van der Waals surface area contributed by atoms with E-state index in [-0.39, 0.29) is 16.7 Å². The number of carbonyl (C=O) groups is 1. The lowest BCUT2D eigenvalue weighted by molar-refractivity contribution is -0.130. The summed E-state index contributed by atoms with van der Waals surface area (Å²) >= 11 is 0. The van der Waals surface area contributed by atoms with E-state index in [0.717, 1.165) is 19.4 Å². The first-order chi connectivity index (χ1) is 11.4. The van der Waals surface area contributed by atoms with Crippen LogP contribution >= 0.6 is 0 Å². The van der Waals surface area contributed by atoms with E-state index in [4.69, 9.17) is 0 Å². The molecule has 0 aromatic carbocycles. The van der Waals surface area contributed by atoms with Crippen molar-refractivity contribution in [1.29, 1.82) is 0 Å². The SMILES string of the molecule is CS(=O)(=O)c1cn[nH]c1C1CCN(C(=O)CCCn2ccnc2)C1. The van der Waals surface area contributed by atoms with E-state index in [1.807, 2.05) is 15.7 Å². The number of aryl methyl sites for hydroxylation is 1. The maximum atomic E-state index is 12.3. The van der Waals surface area contributed by atoms with Crippen LogP contribution in [0.4, 0.5) is 0 Å². The summed E-state index contributed by atoms with van der Waals surface area (Å²) in [5.41, 5.74) is 0.617. The van der Waals surface area contributed by atoms with Crippen LogP contribution in [0.15, 0.2) is 29.8 Å². The third-order valence-electron chi connectivity index (χ3n) is 4.35. The number of aromatic amines is 1.